The largest absolute Gasteiger partial charge is 0.505 e. The van der Waals surface area contributed by atoms with Gasteiger partial charge in [-0.2, -0.15) is 0 Å². The van der Waals surface area contributed by atoms with Crippen molar-refractivity contribution < 1.29 is 14.6 Å². The van der Waals surface area contributed by atoms with Crippen LogP contribution in [0.3, 0.4) is 0 Å². The van der Waals surface area contributed by atoms with Gasteiger partial charge < -0.3 is 25.0 Å². The molecule has 1 heterocycles. The third kappa shape index (κ3) is 6.75. The lowest BCUT2D eigenvalue weighted by Gasteiger charge is -2.32. The summed E-state index contributed by atoms with van der Waals surface area (Å²) in [6, 6.07) is 11.1. The summed E-state index contributed by atoms with van der Waals surface area (Å²) in [6.07, 6.45) is 1.49. The Kier molecular flexibility index (Phi) is 9.05. The number of ether oxygens (including phenoxy) is 1. The average Bonchev–Trinajstić information content (AvgIpc) is 2.77. The van der Waals surface area contributed by atoms with E-state index >= 15 is 0 Å². The number of aromatic hydroxyl groups is 1. The highest BCUT2D eigenvalue weighted by Crippen LogP contribution is 2.42. The van der Waals surface area contributed by atoms with Crippen LogP contribution in [-0.4, -0.2) is 73.2 Å². The molecule has 1 aliphatic rings. The summed E-state index contributed by atoms with van der Waals surface area (Å²) in [6.45, 7) is 7.49. The van der Waals surface area contributed by atoms with Crippen LogP contribution in [0.2, 0.25) is 10.0 Å². The van der Waals surface area contributed by atoms with Gasteiger partial charge in [0, 0.05) is 38.8 Å². The second-order valence-corrected chi connectivity index (χ2v) is 9.09. The highest BCUT2D eigenvalue weighted by Gasteiger charge is 2.22. The second kappa shape index (κ2) is 11.8. The minimum absolute atomic E-state index is 0.0321. The van der Waals surface area contributed by atoms with Gasteiger partial charge in [0.25, 0.3) is 5.91 Å². The van der Waals surface area contributed by atoms with Crippen LogP contribution in [0, 0.1) is 0 Å². The molecule has 32 heavy (non-hydrogen) atoms. The molecule has 0 radical (unpaired) electrons. The fourth-order valence-electron chi connectivity index (χ4n) is 3.75. The van der Waals surface area contributed by atoms with Gasteiger partial charge in [0.15, 0.2) is 11.5 Å². The molecule has 0 bridgehead atoms. The summed E-state index contributed by atoms with van der Waals surface area (Å²) in [7, 11) is 2.13. The van der Waals surface area contributed by atoms with Crippen molar-refractivity contribution in [2.75, 3.05) is 46.4 Å². The maximum atomic E-state index is 12.7. The number of carbonyl (C=O) groups is 1. The van der Waals surface area contributed by atoms with E-state index in [1.54, 1.807) is 0 Å². The van der Waals surface area contributed by atoms with Crippen LogP contribution in [0.1, 0.15) is 29.3 Å². The van der Waals surface area contributed by atoms with E-state index in [2.05, 4.69) is 22.2 Å². The third-order valence-electron chi connectivity index (χ3n) is 5.62. The topological polar surface area (TPSA) is 65.0 Å². The summed E-state index contributed by atoms with van der Waals surface area (Å²) >= 11 is 12.6. The molecular weight excluding hydrogens is 449 g/mol. The number of phenolic OH excluding ortho intramolecular Hbond substituents is 1. The molecule has 0 aliphatic carbocycles. The Bertz CT molecular complexity index is 903. The maximum absolute atomic E-state index is 12.7. The summed E-state index contributed by atoms with van der Waals surface area (Å²) in [5.74, 6) is -0.552. The molecule has 0 aromatic heterocycles. The van der Waals surface area contributed by atoms with Crippen molar-refractivity contribution in [2.24, 2.45) is 0 Å². The molecule has 8 heteroatoms. The number of hydrogen-bond donors (Lipinski definition) is 2. The van der Waals surface area contributed by atoms with Gasteiger partial charge in [-0.3, -0.25) is 4.79 Å². The van der Waals surface area contributed by atoms with Crippen LogP contribution in [0.5, 0.6) is 11.5 Å². The fraction of sp³-hybridized carbons (Fsp3) is 0.458. The van der Waals surface area contributed by atoms with E-state index in [0.717, 1.165) is 44.7 Å². The number of nitrogens with one attached hydrogen (secondary N) is 1. The zero-order valence-corrected chi connectivity index (χ0v) is 20.1. The van der Waals surface area contributed by atoms with Crippen LogP contribution >= 0.6 is 23.2 Å². The lowest BCUT2D eigenvalue weighted by atomic mass is 10.1. The first-order valence-electron chi connectivity index (χ1n) is 10.9. The molecule has 0 saturated carbocycles. The van der Waals surface area contributed by atoms with Crippen molar-refractivity contribution in [3.8, 4) is 11.5 Å². The van der Waals surface area contributed by atoms with Gasteiger partial charge in [-0.25, -0.2) is 0 Å². The normalized spacial score (nSPS) is 16.0. The Morgan fingerprint density at radius 3 is 2.56 bits per heavy atom. The Balaban J connectivity index is 1.55. The van der Waals surface area contributed by atoms with Gasteiger partial charge in [-0.05, 0) is 38.4 Å². The van der Waals surface area contributed by atoms with Crippen LogP contribution in [0.4, 0.5) is 0 Å². The fourth-order valence-corrected chi connectivity index (χ4v) is 4.32. The van der Waals surface area contributed by atoms with Crippen molar-refractivity contribution >= 4 is 29.1 Å². The van der Waals surface area contributed by atoms with Crippen LogP contribution in [0.15, 0.2) is 36.4 Å². The zero-order valence-electron chi connectivity index (χ0n) is 18.6. The number of carbonyl (C=O) groups excluding carboxylic acids is 1. The summed E-state index contributed by atoms with van der Waals surface area (Å²) in [4.78, 5) is 17.4. The number of likely N-dealkylation sites (N-methyl/N-ethyl adjacent to an activating group) is 1. The average molecular weight is 480 g/mol. The van der Waals surface area contributed by atoms with E-state index in [-0.39, 0.29) is 33.1 Å². The van der Waals surface area contributed by atoms with Crippen LogP contribution in [0.25, 0.3) is 0 Å². The first-order valence-corrected chi connectivity index (χ1v) is 11.7. The third-order valence-corrected chi connectivity index (χ3v) is 6.25. The van der Waals surface area contributed by atoms with Crippen molar-refractivity contribution in [1.29, 1.82) is 0 Å². The number of phenols is 1. The van der Waals surface area contributed by atoms with E-state index in [1.807, 2.05) is 37.3 Å². The van der Waals surface area contributed by atoms with Gasteiger partial charge in [0.1, 0.15) is 5.02 Å². The number of piperazine rings is 1. The van der Waals surface area contributed by atoms with Crippen molar-refractivity contribution in [3.63, 3.8) is 0 Å². The zero-order chi connectivity index (χ0) is 23.1. The monoisotopic (exact) mass is 479 g/mol. The minimum Gasteiger partial charge on any atom is -0.505 e. The summed E-state index contributed by atoms with van der Waals surface area (Å²) in [5, 5.41) is 13.6. The van der Waals surface area contributed by atoms with Crippen molar-refractivity contribution in [1.82, 2.24) is 15.1 Å². The predicted molar refractivity (Wildman–Crippen MR) is 129 cm³/mol. The maximum Gasteiger partial charge on any atom is 0.255 e. The molecule has 6 nitrogen and oxygen atoms in total. The second-order valence-electron chi connectivity index (χ2n) is 8.31. The number of hydrogen-bond acceptors (Lipinski definition) is 5. The molecule has 0 unspecified atom stereocenters. The van der Waals surface area contributed by atoms with Gasteiger partial charge in [0.05, 0.1) is 17.2 Å². The van der Waals surface area contributed by atoms with Crippen LogP contribution in [-0.2, 0) is 6.42 Å². The SMILES string of the molecule is C[C@H](Cc1ccccc1)NC(=O)c1cc(Cl)c(OCCCN2CCN(C)CC2)c(Cl)c1O. The van der Waals surface area contributed by atoms with Gasteiger partial charge in [0.2, 0.25) is 0 Å². The Morgan fingerprint density at radius 2 is 1.88 bits per heavy atom. The van der Waals surface area contributed by atoms with Crippen molar-refractivity contribution in [3.05, 3.63) is 57.6 Å². The van der Waals surface area contributed by atoms with E-state index in [4.69, 9.17) is 27.9 Å². The smallest absolute Gasteiger partial charge is 0.255 e. The summed E-state index contributed by atoms with van der Waals surface area (Å²) in [5.41, 5.74) is 1.14. The van der Waals surface area contributed by atoms with E-state index in [9.17, 15) is 9.90 Å². The van der Waals surface area contributed by atoms with Crippen LogP contribution < -0.4 is 10.1 Å². The van der Waals surface area contributed by atoms with E-state index in [0.29, 0.717) is 13.0 Å². The Morgan fingerprint density at radius 1 is 1.19 bits per heavy atom. The minimum atomic E-state index is -0.434. The molecule has 2 N–H and O–H groups in total. The molecule has 2 aromatic rings. The summed E-state index contributed by atoms with van der Waals surface area (Å²) < 4.78 is 5.76. The molecule has 1 atom stereocenters. The molecule has 1 saturated heterocycles. The highest BCUT2D eigenvalue weighted by atomic mass is 35.5. The molecule has 1 amide bonds. The van der Waals surface area contributed by atoms with Gasteiger partial charge in [-0.15, -0.1) is 0 Å². The number of rotatable bonds is 9. The van der Waals surface area contributed by atoms with Gasteiger partial charge in [-0.1, -0.05) is 53.5 Å². The van der Waals surface area contributed by atoms with E-state index < -0.39 is 5.91 Å². The molecule has 1 fully saturated rings. The quantitative estimate of drug-likeness (QED) is 0.530. The lowest BCUT2D eigenvalue weighted by Crippen LogP contribution is -2.44. The lowest BCUT2D eigenvalue weighted by molar-refractivity contribution is 0.0937. The molecule has 174 valence electrons. The first-order chi connectivity index (χ1) is 15.3. The van der Waals surface area contributed by atoms with Gasteiger partial charge >= 0.3 is 0 Å². The Hall–Kier alpha value is -1.99. The standard InChI is InChI=1S/C24H31Cl2N3O3/c1-17(15-18-7-4-3-5-8-18)27-24(31)19-16-20(25)23(21(26)22(19)30)32-14-6-9-29-12-10-28(2)11-13-29/h3-5,7-8,16-17,30H,6,9-15H2,1-2H3,(H,27,31)/t17-/m1/s1. The molecule has 1 aliphatic heterocycles. The van der Waals surface area contributed by atoms with E-state index in [1.165, 1.54) is 6.07 Å². The number of benzene rings is 2. The number of halogens is 2. The molecule has 3 rings (SSSR count). The first kappa shape index (κ1) is 24.6. The molecular formula is C24H31Cl2N3O3. The predicted octanol–water partition coefficient (Wildman–Crippen LogP) is 4.08. The number of amides is 1. The molecule has 0 spiro atoms. The Labute approximate surface area is 200 Å². The van der Waals surface area contributed by atoms with Crippen molar-refractivity contribution in [2.45, 2.75) is 25.8 Å². The highest BCUT2D eigenvalue weighted by molar-refractivity contribution is 6.39. The number of nitrogens with zero attached hydrogens (tertiary/aromatic N) is 2. The molecule has 2 aromatic carbocycles.